The van der Waals surface area contributed by atoms with Gasteiger partial charge in [-0.05, 0) is 48.6 Å². The quantitative estimate of drug-likeness (QED) is 0.872. The Kier molecular flexibility index (Phi) is 4.68. The van der Waals surface area contributed by atoms with Gasteiger partial charge in [-0.3, -0.25) is 0 Å². The molecule has 0 fully saturated rings. The SMILES string of the molecule is Cc1cc(C(F)(F)F)ccc1CCC(N)c1ccccc1. The summed E-state index contributed by atoms with van der Waals surface area (Å²) in [6, 6.07) is 13.5. The van der Waals surface area contributed by atoms with Gasteiger partial charge < -0.3 is 5.73 Å². The van der Waals surface area contributed by atoms with Gasteiger partial charge in [0.2, 0.25) is 0 Å². The molecule has 21 heavy (non-hydrogen) atoms. The minimum absolute atomic E-state index is 0.104. The van der Waals surface area contributed by atoms with E-state index in [2.05, 4.69) is 0 Å². The Labute approximate surface area is 122 Å². The second-order valence-electron chi connectivity index (χ2n) is 5.19. The maximum Gasteiger partial charge on any atom is 0.416 e. The van der Waals surface area contributed by atoms with Crippen molar-refractivity contribution in [3.05, 3.63) is 70.8 Å². The molecule has 2 rings (SSSR count). The topological polar surface area (TPSA) is 26.0 Å². The van der Waals surface area contributed by atoms with Gasteiger partial charge in [0.15, 0.2) is 0 Å². The highest BCUT2D eigenvalue weighted by Crippen LogP contribution is 2.31. The lowest BCUT2D eigenvalue weighted by Gasteiger charge is -2.14. The third-order valence-electron chi connectivity index (χ3n) is 3.62. The largest absolute Gasteiger partial charge is 0.416 e. The Morgan fingerprint density at radius 1 is 1.05 bits per heavy atom. The van der Waals surface area contributed by atoms with E-state index in [9.17, 15) is 13.2 Å². The summed E-state index contributed by atoms with van der Waals surface area (Å²) in [6.07, 6.45) is -2.92. The Morgan fingerprint density at radius 2 is 1.71 bits per heavy atom. The molecule has 1 nitrogen and oxygen atoms in total. The fourth-order valence-corrected chi connectivity index (χ4v) is 2.33. The Balaban J connectivity index is 2.04. The molecule has 4 heteroatoms. The zero-order valence-corrected chi connectivity index (χ0v) is 11.8. The Hall–Kier alpha value is -1.81. The number of hydrogen-bond acceptors (Lipinski definition) is 1. The van der Waals surface area contributed by atoms with Crippen LogP contribution in [-0.2, 0) is 12.6 Å². The summed E-state index contributed by atoms with van der Waals surface area (Å²) < 4.78 is 37.8. The molecule has 1 atom stereocenters. The van der Waals surface area contributed by atoms with Crippen molar-refractivity contribution in [2.24, 2.45) is 5.73 Å². The predicted molar refractivity (Wildman–Crippen MR) is 77.9 cm³/mol. The number of nitrogens with two attached hydrogens (primary N) is 1. The molecule has 0 saturated heterocycles. The van der Waals surface area contributed by atoms with Gasteiger partial charge >= 0.3 is 6.18 Å². The van der Waals surface area contributed by atoms with Crippen LogP contribution in [0.1, 0.15) is 34.7 Å². The molecule has 0 amide bonds. The number of hydrogen-bond donors (Lipinski definition) is 1. The highest BCUT2D eigenvalue weighted by Gasteiger charge is 2.30. The van der Waals surface area contributed by atoms with E-state index in [1.807, 2.05) is 30.3 Å². The molecule has 0 radical (unpaired) electrons. The third kappa shape index (κ3) is 4.08. The van der Waals surface area contributed by atoms with Gasteiger partial charge in [0.1, 0.15) is 0 Å². The monoisotopic (exact) mass is 293 g/mol. The molecule has 112 valence electrons. The van der Waals surface area contributed by atoms with Crippen LogP contribution in [0.15, 0.2) is 48.5 Å². The number of alkyl halides is 3. The first kappa shape index (κ1) is 15.6. The fraction of sp³-hybridized carbons (Fsp3) is 0.294. The van der Waals surface area contributed by atoms with E-state index in [1.165, 1.54) is 6.07 Å². The minimum Gasteiger partial charge on any atom is -0.324 e. The first-order valence-electron chi connectivity index (χ1n) is 6.85. The van der Waals surface area contributed by atoms with Crippen LogP contribution in [0.4, 0.5) is 13.2 Å². The Morgan fingerprint density at radius 3 is 2.29 bits per heavy atom. The summed E-state index contributed by atoms with van der Waals surface area (Å²) in [6.45, 7) is 1.71. The van der Waals surface area contributed by atoms with Crippen LogP contribution in [0.2, 0.25) is 0 Å². The summed E-state index contributed by atoms with van der Waals surface area (Å²) >= 11 is 0. The van der Waals surface area contributed by atoms with Crippen molar-refractivity contribution in [1.82, 2.24) is 0 Å². The zero-order valence-electron chi connectivity index (χ0n) is 11.8. The van der Waals surface area contributed by atoms with E-state index in [0.717, 1.165) is 17.2 Å². The summed E-state index contributed by atoms with van der Waals surface area (Å²) in [5.74, 6) is 0. The maximum atomic E-state index is 12.6. The van der Waals surface area contributed by atoms with E-state index >= 15 is 0 Å². The lowest BCUT2D eigenvalue weighted by molar-refractivity contribution is -0.137. The summed E-state index contributed by atoms with van der Waals surface area (Å²) in [5, 5.41) is 0. The molecule has 2 aromatic carbocycles. The molecule has 0 spiro atoms. The minimum atomic E-state index is -4.29. The van der Waals surface area contributed by atoms with Crippen molar-refractivity contribution in [1.29, 1.82) is 0 Å². The number of halogens is 3. The van der Waals surface area contributed by atoms with Gasteiger partial charge in [-0.25, -0.2) is 0 Å². The summed E-state index contributed by atoms with van der Waals surface area (Å²) in [4.78, 5) is 0. The highest BCUT2D eigenvalue weighted by atomic mass is 19.4. The van der Waals surface area contributed by atoms with Gasteiger partial charge in [-0.15, -0.1) is 0 Å². The molecular formula is C17H18F3N. The highest BCUT2D eigenvalue weighted by molar-refractivity contribution is 5.33. The molecule has 0 saturated carbocycles. The molecule has 0 aliphatic heterocycles. The molecule has 2 N–H and O–H groups in total. The van der Waals surface area contributed by atoms with Crippen molar-refractivity contribution in [3.8, 4) is 0 Å². The van der Waals surface area contributed by atoms with Crippen LogP contribution < -0.4 is 5.73 Å². The maximum absolute atomic E-state index is 12.6. The Bertz CT molecular complexity index is 591. The predicted octanol–water partition coefficient (Wildman–Crippen LogP) is 4.65. The molecule has 1 unspecified atom stereocenters. The molecule has 0 aliphatic rings. The van der Waals surface area contributed by atoms with E-state index in [1.54, 1.807) is 13.0 Å². The second-order valence-corrected chi connectivity index (χ2v) is 5.19. The van der Waals surface area contributed by atoms with Crippen LogP contribution in [0, 0.1) is 6.92 Å². The molecule has 2 aromatic rings. The lowest BCUT2D eigenvalue weighted by Crippen LogP contribution is -2.12. The van der Waals surface area contributed by atoms with Gasteiger partial charge in [0, 0.05) is 6.04 Å². The van der Waals surface area contributed by atoms with Crippen molar-refractivity contribution >= 4 is 0 Å². The van der Waals surface area contributed by atoms with Crippen LogP contribution >= 0.6 is 0 Å². The normalized spacial score (nSPS) is 13.2. The standard InChI is InChI=1S/C17H18F3N/c1-12-11-15(17(18,19)20)9-7-13(12)8-10-16(21)14-5-3-2-4-6-14/h2-7,9,11,16H,8,10,21H2,1H3. The van der Waals surface area contributed by atoms with Crippen LogP contribution in [0.3, 0.4) is 0 Å². The molecule has 0 aromatic heterocycles. The smallest absolute Gasteiger partial charge is 0.324 e. The molecule has 0 bridgehead atoms. The molecular weight excluding hydrogens is 275 g/mol. The van der Waals surface area contributed by atoms with E-state index in [4.69, 9.17) is 5.73 Å². The number of aryl methyl sites for hydroxylation is 2. The summed E-state index contributed by atoms with van der Waals surface area (Å²) in [7, 11) is 0. The van der Waals surface area contributed by atoms with Gasteiger partial charge in [-0.2, -0.15) is 13.2 Å². The summed E-state index contributed by atoms with van der Waals surface area (Å²) in [5.41, 5.74) is 8.12. The number of rotatable bonds is 4. The van der Waals surface area contributed by atoms with Crippen molar-refractivity contribution in [2.75, 3.05) is 0 Å². The van der Waals surface area contributed by atoms with Gasteiger partial charge in [-0.1, -0.05) is 36.4 Å². The fourth-order valence-electron chi connectivity index (χ4n) is 2.33. The number of benzene rings is 2. The van der Waals surface area contributed by atoms with Crippen LogP contribution in [0.25, 0.3) is 0 Å². The van der Waals surface area contributed by atoms with Crippen molar-refractivity contribution < 1.29 is 13.2 Å². The average Bonchev–Trinajstić information content (AvgIpc) is 2.45. The van der Waals surface area contributed by atoms with Gasteiger partial charge in [0.05, 0.1) is 5.56 Å². The molecule has 0 heterocycles. The molecule has 0 aliphatic carbocycles. The first-order chi connectivity index (χ1) is 9.88. The van der Waals surface area contributed by atoms with Crippen LogP contribution in [-0.4, -0.2) is 0 Å². The zero-order chi connectivity index (χ0) is 15.5. The second kappa shape index (κ2) is 6.31. The van der Waals surface area contributed by atoms with Gasteiger partial charge in [0.25, 0.3) is 0 Å². The van der Waals surface area contributed by atoms with Crippen molar-refractivity contribution in [2.45, 2.75) is 32.0 Å². The average molecular weight is 293 g/mol. The third-order valence-corrected chi connectivity index (χ3v) is 3.62. The lowest BCUT2D eigenvalue weighted by atomic mass is 9.96. The first-order valence-corrected chi connectivity index (χ1v) is 6.85. The van der Waals surface area contributed by atoms with E-state index in [0.29, 0.717) is 18.4 Å². The van der Waals surface area contributed by atoms with E-state index in [-0.39, 0.29) is 6.04 Å². The van der Waals surface area contributed by atoms with Crippen molar-refractivity contribution in [3.63, 3.8) is 0 Å². The van der Waals surface area contributed by atoms with Crippen LogP contribution in [0.5, 0.6) is 0 Å². The van der Waals surface area contributed by atoms with E-state index < -0.39 is 11.7 Å².